The lowest BCUT2D eigenvalue weighted by molar-refractivity contribution is -0.142. The zero-order chi connectivity index (χ0) is 22.9. The number of rotatable bonds is 4. The second kappa shape index (κ2) is 8.10. The zero-order valence-corrected chi connectivity index (χ0v) is 16.0. The Morgan fingerprint density at radius 1 is 1.06 bits per heavy atom. The number of amides is 1. The van der Waals surface area contributed by atoms with Crippen molar-refractivity contribution < 1.29 is 27.5 Å². The fourth-order valence-electron chi connectivity index (χ4n) is 2.86. The Morgan fingerprint density at radius 3 is 2.50 bits per heavy atom. The van der Waals surface area contributed by atoms with Crippen LogP contribution in [0.5, 0.6) is 5.75 Å². The maximum absolute atomic E-state index is 13.6. The number of nitrogens with one attached hydrogen (secondary N) is 1. The van der Waals surface area contributed by atoms with Crippen molar-refractivity contribution in [3.63, 3.8) is 0 Å². The largest absolute Gasteiger partial charge is 0.505 e. The first-order valence-corrected chi connectivity index (χ1v) is 9.06. The lowest BCUT2D eigenvalue weighted by atomic mass is 10.2. The molecule has 7 nitrogen and oxygen atoms in total. The van der Waals surface area contributed by atoms with Crippen LogP contribution in [0, 0.1) is 5.82 Å². The maximum atomic E-state index is 13.6. The third-order valence-corrected chi connectivity index (χ3v) is 4.40. The van der Waals surface area contributed by atoms with E-state index in [0.717, 1.165) is 30.5 Å². The van der Waals surface area contributed by atoms with Crippen molar-refractivity contribution in [3.8, 4) is 22.7 Å². The SMILES string of the molecule is O=C(Nc1ccc(-n2nc(-c3cccnc3)cc2C(F)(F)F)cn1)c1ccc(F)c(O)c1. The van der Waals surface area contributed by atoms with Crippen LogP contribution in [0.1, 0.15) is 16.1 Å². The molecule has 0 unspecified atom stereocenters. The molecule has 0 bridgehead atoms. The zero-order valence-electron chi connectivity index (χ0n) is 16.0. The molecule has 0 fully saturated rings. The van der Waals surface area contributed by atoms with E-state index in [-0.39, 0.29) is 22.8 Å². The topological polar surface area (TPSA) is 92.9 Å². The highest BCUT2D eigenvalue weighted by Gasteiger charge is 2.36. The average molecular weight is 443 g/mol. The van der Waals surface area contributed by atoms with Gasteiger partial charge in [0.25, 0.3) is 5.91 Å². The summed E-state index contributed by atoms with van der Waals surface area (Å²) in [6.45, 7) is 0. The molecule has 0 aliphatic heterocycles. The Labute approximate surface area is 178 Å². The third kappa shape index (κ3) is 4.26. The van der Waals surface area contributed by atoms with Crippen LogP contribution in [0.2, 0.25) is 0 Å². The molecular formula is C21H13F4N5O2. The Kier molecular flexibility index (Phi) is 5.31. The fourth-order valence-corrected chi connectivity index (χ4v) is 2.86. The first kappa shape index (κ1) is 21.0. The van der Waals surface area contributed by atoms with E-state index in [1.165, 1.54) is 24.5 Å². The van der Waals surface area contributed by atoms with Crippen molar-refractivity contribution in [2.24, 2.45) is 0 Å². The molecule has 4 rings (SSSR count). The average Bonchev–Trinajstić information content (AvgIpc) is 3.23. The number of phenolic OH excluding ortho intramolecular Hbond substituents is 1. The summed E-state index contributed by atoms with van der Waals surface area (Å²) in [6.07, 6.45) is -0.662. The highest BCUT2D eigenvalue weighted by molar-refractivity contribution is 6.04. The molecule has 0 saturated carbocycles. The summed E-state index contributed by atoms with van der Waals surface area (Å²) in [5.41, 5.74) is -0.515. The molecule has 4 aromatic rings. The second-order valence-electron chi connectivity index (χ2n) is 6.59. The second-order valence-corrected chi connectivity index (χ2v) is 6.59. The number of pyridine rings is 2. The van der Waals surface area contributed by atoms with Crippen LogP contribution in [-0.2, 0) is 6.18 Å². The van der Waals surface area contributed by atoms with Crippen LogP contribution < -0.4 is 5.32 Å². The molecule has 1 amide bonds. The number of anilines is 1. The van der Waals surface area contributed by atoms with Gasteiger partial charge in [-0.25, -0.2) is 14.1 Å². The highest BCUT2D eigenvalue weighted by atomic mass is 19.4. The summed E-state index contributed by atoms with van der Waals surface area (Å²) in [5.74, 6) is -2.22. The molecule has 1 aromatic carbocycles. The number of nitrogens with zero attached hydrogens (tertiary/aromatic N) is 4. The van der Waals surface area contributed by atoms with Crippen molar-refractivity contribution in [2.45, 2.75) is 6.18 Å². The Balaban J connectivity index is 1.61. The molecule has 0 atom stereocenters. The third-order valence-electron chi connectivity index (χ3n) is 4.40. The van der Waals surface area contributed by atoms with Gasteiger partial charge in [0, 0.05) is 23.5 Å². The fraction of sp³-hybridized carbons (Fsp3) is 0.0476. The van der Waals surface area contributed by atoms with Crippen molar-refractivity contribution in [1.29, 1.82) is 0 Å². The van der Waals surface area contributed by atoms with E-state index in [2.05, 4.69) is 20.4 Å². The monoisotopic (exact) mass is 443 g/mol. The Morgan fingerprint density at radius 2 is 1.88 bits per heavy atom. The lowest BCUT2D eigenvalue weighted by Gasteiger charge is -2.10. The summed E-state index contributed by atoms with van der Waals surface area (Å²) in [7, 11) is 0. The van der Waals surface area contributed by atoms with Gasteiger partial charge in [0.2, 0.25) is 0 Å². The molecule has 0 aliphatic carbocycles. The molecule has 11 heteroatoms. The molecule has 0 aliphatic rings. The number of halogens is 4. The summed E-state index contributed by atoms with van der Waals surface area (Å²) in [5, 5.41) is 15.8. The van der Waals surface area contributed by atoms with E-state index in [1.54, 1.807) is 12.1 Å². The Bertz CT molecular complexity index is 1270. The van der Waals surface area contributed by atoms with Gasteiger partial charge >= 0.3 is 6.18 Å². The highest BCUT2D eigenvalue weighted by Crippen LogP contribution is 2.34. The van der Waals surface area contributed by atoms with Crippen LogP contribution >= 0.6 is 0 Å². The lowest BCUT2D eigenvalue weighted by Crippen LogP contribution is -2.15. The maximum Gasteiger partial charge on any atom is 0.433 e. The molecule has 0 radical (unpaired) electrons. The predicted molar refractivity (Wildman–Crippen MR) is 106 cm³/mol. The minimum atomic E-state index is -4.68. The predicted octanol–water partition coefficient (Wildman–Crippen LogP) is 4.45. The van der Waals surface area contributed by atoms with Gasteiger partial charge in [0.1, 0.15) is 11.5 Å². The van der Waals surface area contributed by atoms with Gasteiger partial charge in [-0.1, -0.05) is 0 Å². The summed E-state index contributed by atoms with van der Waals surface area (Å²) < 4.78 is 54.5. The van der Waals surface area contributed by atoms with Crippen LogP contribution in [0.25, 0.3) is 16.9 Å². The molecule has 3 aromatic heterocycles. The summed E-state index contributed by atoms with van der Waals surface area (Å²) >= 11 is 0. The van der Waals surface area contributed by atoms with Gasteiger partial charge in [-0.15, -0.1) is 0 Å². The molecule has 3 heterocycles. The van der Waals surface area contributed by atoms with Crippen LogP contribution in [0.3, 0.4) is 0 Å². The van der Waals surface area contributed by atoms with Gasteiger partial charge in [-0.2, -0.15) is 18.3 Å². The van der Waals surface area contributed by atoms with Crippen molar-refractivity contribution in [3.05, 3.63) is 84.2 Å². The van der Waals surface area contributed by atoms with Crippen LogP contribution in [0.4, 0.5) is 23.4 Å². The molecule has 0 spiro atoms. The standard InChI is InChI=1S/C21H13F4N5O2/c22-15-5-3-12(8-17(15)31)20(32)28-19-6-4-14(11-27-19)30-18(21(23,24)25)9-16(29-30)13-2-1-7-26-10-13/h1-11,31H,(H,27,28,32). The molecule has 0 saturated heterocycles. The van der Waals surface area contributed by atoms with E-state index in [9.17, 15) is 27.5 Å². The van der Waals surface area contributed by atoms with E-state index in [0.29, 0.717) is 10.2 Å². The number of carbonyl (C=O) groups is 1. The van der Waals surface area contributed by atoms with Crippen LogP contribution in [0.15, 0.2) is 67.1 Å². The van der Waals surface area contributed by atoms with Gasteiger partial charge in [0.05, 0.1) is 17.6 Å². The van der Waals surface area contributed by atoms with Gasteiger partial charge in [-0.05, 0) is 48.5 Å². The van der Waals surface area contributed by atoms with Gasteiger partial charge in [0.15, 0.2) is 11.6 Å². The van der Waals surface area contributed by atoms with E-state index in [4.69, 9.17) is 0 Å². The number of alkyl halides is 3. The number of carbonyl (C=O) groups excluding carboxylic acids is 1. The normalized spacial score (nSPS) is 11.4. The number of benzene rings is 1. The smallest absolute Gasteiger partial charge is 0.433 e. The van der Waals surface area contributed by atoms with E-state index >= 15 is 0 Å². The summed E-state index contributed by atoms with van der Waals surface area (Å²) in [4.78, 5) is 20.1. The number of aromatic nitrogens is 4. The summed E-state index contributed by atoms with van der Waals surface area (Å²) in [6, 6.07) is 9.72. The van der Waals surface area contributed by atoms with Gasteiger partial charge in [-0.3, -0.25) is 9.78 Å². The van der Waals surface area contributed by atoms with Crippen molar-refractivity contribution in [2.75, 3.05) is 5.32 Å². The number of aromatic hydroxyl groups is 1. The van der Waals surface area contributed by atoms with E-state index < -0.39 is 29.3 Å². The number of hydrogen-bond donors (Lipinski definition) is 2. The molecular weight excluding hydrogens is 430 g/mol. The minimum absolute atomic E-state index is 0.0184. The van der Waals surface area contributed by atoms with Crippen molar-refractivity contribution >= 4 is 11.7 Å². The molecule has 2 N–H and O–H groups in total. The number of hydrogen-bond acceptors (Lipinski definition) is 5. The molecule has 162 valence electrons. The number of phenols is 1. The molecule has 32 heavy (non-hydrogen) atoms. The quantitative estimate of drug-likeness (QED) is 0.455. The first-order valence-electron chi connectivity index (χ1n) is 9.06. The van der Waals surface area contributed by atoms with Gasteiger partial charge < -0.3 is 10.4 Å². The van der Waals surface area contributed by atoms with E-state index in [1.807, 2.05) is 0 Å². The minimum Gasteiger partial charge on any atom is -0.505 e. The van der Waals surface area contributed by atoms with Crippen molar-refractivity contribution in [1.82, 2.24) is 19.7 Å². The first-order chi connectivity index (χ1) is 15.2. The Hall–Kier alpha value is -4.28. The van der Waals surface area contributed by atoms with Crippen LogP contribution in [-0.4, -0.2) is 30.8 Å².